The highest BCUT2D eigenvalue weighted by molar-refractivity contribution is 7.14. The van der Waals surface area contributed by atoms with Crippen LogP contribution in [0, 0.1) is 0 Å². The van der Waals surface area contributed by atoms with Crippen molar-refractivity contribution in [3.05, 3.63) is 29.9 Å². The number of likely N-dealkylation sites (tertiary alicyclic amines) is 1. The van der Waals surface area contributed by atoms with Crippen LogP contribution in [0.15, 0.2) is 29.9 Å². The van der Waals surface area contributed by atoms with Gasteiger partial charge in [-0.1, -0.05) is 0 Å². The van der Waals surface area contributed by atoms with Gasteiger partial charge in [0.15, 0.2) is 5.13 Å². The molecule has 110 valence electrons. The number of carbonyl (C=O) groups excluding carboxylic acids is 1. The molecule has 1 fully saturated rings. The highest BCUT2D eigenvalue weighted by Gasteiger charge is 2.28. The van der Waals surface area contributed by atoms with Gasteiger partial charge in [0, 0.05) is 29.9 Å². The molecule has 7 heteroatoms. The van der Waals surface area contributed by atoms with Crippen LogP contribution in [0.25, 0.3) is 11.3 Å². The lowest BCUT2D eigenvalue weighted by Crippen LogP contribution is -2.40. The summed E-state index contributed by atoms with van der Waals surface area (Å²) in [6.45, 7) is 0.685. The number of urea groups is 1. The molecule has 3 heterocycles. The van der Waals surface area contributed by atoms with Crippen LogP contribution >= 0.6 is 11.3 Å². The van der Waals surface area contributed by atoms with E-state index >= 15 is 0 Å². The van der Waals surface area contributed by atoms with Crippen LogP contribution in [0.2, 0.25) is 0 Å². The molecule has 0 saturated carbocycles. The lowest BCUT2D eigenvalue weighted by atomic mass is 10.2. The number of rotatable bonds is 3. The Morgan fingerprint density at radius 3 is 3.24 bits per heavy atom. The number of nitrogens with one attached hydrogen (secondary N) is 1. The van der Waals surface area contributed by atoms with E-state index in [0.717, 1.165) is 24.1 Å². The van der Waals surface area contributed by atoms with Gasteiger partial charge in [0.05, 0.1) is 18.3 Å². The van der Waals surface area contributed by atoms with Crippen LogP contribution in [0.3, 0.4) is 0 Å². The molecular weight excluding hydrogens is 288 g/mol. The highest BCUT2D eigenvalue weighted by atomic mass is 32.1. The Balaban J connectivity index is 1.69. The number of thiazole rings is 1. The van der Waals surface area contributed by atoms with Crippen LogP contribution in [0.1, 0.15) is 12.8 Å². The summed E-state index contributed by atoms with van der Waals surface area (Å²) in [5, 5.41) is 14.5. The molecule has 2 aromatic rings. The Morgan fingerprint density at radius 1 is 1.57 bits per heavy atom. The van der Waals surface area contributed by atoms with Gasteiger partial charge < -0.3 is 10.0 Å². The van der Waals surface area contributed by atoms with Crippen molar-refractivity contribution >= 4 is 22.5 Å². The quantitative estimate of drug-likeness (QED) is 0.911. The minimum Gasteiger partial charge on any atom is -0.394 e. The molecule has 21 heavy (non-hydrogen) atoms. The zero-order chi connectivity index (χ0) is 14.7. The largest absolute Gasteiger partial charge is 0.394 e. The summed E-state index contributed by atoms with van der Waals surface area (Å²) in [6, 6.07) is 3.50. The number of nitrogens with zero attached hydrogens (tertiary/aromatic N) is 3. The summed E-state index contributed by atoms with van der Waals surface area (Å²) in [4.78, 5) is 22.3. The fourth-order valence-electron chi connectivity index (χ4n) is 2.43. The van der Waals surface area contributed by atoms with Gasteiger partial charge >= 0.3 is 6.03 Å². The van der Waals surface area contributed by atoms with E-state index in [9.17, 15) is 9.90 Å². The van der Waals surface area contributed by atoms with Crippen molar-refractivity contribution in [1.82, 2.24) is 14.9 Å². The zero-order valence-corrected chi connectivity index (χ0v) is 12.2. The second kappa shape index (κ2) is 6.19. The normalized spacial score (nSPS) is 18.0. The molecule has 1 aliphatic heterocycles. The van der Waals surface area contributed by atoms with Crippen molar-refractivity contribution in [3.63, 3.8) is 0 Å². The summed E-state index contributed by atoms with van der Waals surface area (Å²) in [5.74, 6) is 0. The van der Waals surface area contributed by atoms with E-state index < -0.39 is 0 Å². The van der Waals surface area contributed by atoms with E-state index in [4.69, 9.17) is 0 Å². The van der Waals surface area contributed by atoms with Gasteiger partial charge in [0.2, 0.25) is 0 Å². The Morgan fingerprint density at radius 2 is 2.48 bits per heavy atom. The minimum absolute atomic E-state index is 0.00617. The molecule has 2 amide bonds. The topological polar surface area (TPSA) is 78.4 Å². The van der Waals surface area contributed by atoms with Crippen molar-refractivity contribution < 1.29 is 9.90 Å². The standard InChI is InChI=1S/C14H16N4O2S/c19-8-11-4-2-6-18(11)14(20)17-13-16-12(9-21-13)10-3-1-5-15-7-10/h1,3,5,7,9,11,19H,2,4,6,8H2,(H,16,17,20)/t11-/m1/s1. The first-order valence-corrected chi connectivity index (χ1v) is 7.70. The zero-order valence-electron chi connectivity index (χ0n) is 11.4. The van der Waals surface area contributed by atoms with Gasteiger partial charge in [-0.2, -0.15) is 0 Å². The smallest absolute Gasteiger partial charge is 0.323 e. The first kappa shape index (κ1) is 14.0. The average Bonchev–Trinajstić information content (AvgIpc) is 3.16. The second-order valence-corrected chi connectivity index (χ2v) is 5.74. The number of aliphatic hydroxyl groups excluding tert-OH is 1. The number of anilines is 1. The third-order valence-electron chi connectivity index (χ3n) is 3.52. The third kappa shape index (κ3) is 3.03. The van der Waals surface area contributed by atoms with Crippen LogP contribution in [-0.4, -0.2) is 45.2 Å². The predicted molar refractivity (Wildman–Crippen MR) is 81.2 cm³/mol. The number of aliphatic hydroxyl groups is 1. The average molecular weight is 304 g/mol. The number of amides is 2. The Labute approximate surface area is 126 Å². The molecule has 1 atom stereocenters. The van der Waals surface area contributed by atoms with E-state index in [-0.39, 0.29) is 18.7 Å². The molecular formula is C14H16N4O2S. The molecule has 0 aromatic carbocycles. The highest BCUT2D eigenvalue weighted by Crippen LogP contribution is 2.25. The monoisotopic (exact) mass is 304 g/mol. The molecule has 6 nitrogen and oxygen atoms in total. The maximum Gasteiger partial charge on any atom is 0.323 e. The molecule has 1 aliphatic rings. The van der Waals surface area contributed by atoms with Gasteiger partial charge in [-0.05, 0) is 25.0 Å². The summed E-state index contributed by atoms with van der Waals surface area (Å²) in [6.07, 6.45) is 5.23. The van der Waals surface area contributed by atoms with E-state index in [0.29, 0.717) is 11.7 Å². The van der Waals surface area contributed by atoms with E-state index in [1.165, 1.54) is 11.3 Å². The van der Waals surface area contributed by atoms with Crippen LogP contribution in [0.4, 0.5) is 9.93 Å². The molecule has 0 spiro atoms. The molecule has 3 rings (SSSR count). The van der Waals surface area contributed by atoms with Gasteiger partial charge in [0.1, 0.15) is 0 Å². The van der Waals surface area contributed by atoms with Gasteiger partial charge in [-0.15, -0.1) is 11.3 Å². The third-order valence-corrected chi connectivity index (χ3v) is 4.28. The number of aromatic nitrogens is 2. The lowest BCUT2D eigenvalue weighted by Gasteiger charge is -2.22. The van der Waals surface area contributed by atoms with Crippen LogP contribution in [-0.2, 0) is 0 Å². The number of hydrogen-bond acceptors (Lipinski definition) is 5. The van der Waals surface area contributed by atoms with Crippen LogP contribution < -0.4 is 5.32 Å². The maximum absolute atomic E-state index is 12.2. The van der Waals surface area contributed by atoms with Gasteiger partial charge in [-0.3, -0.25) is 10.3 Å². The van der Waals surface area contributed by atoms with Crippen molar-refractivity contribution in [3.8, 4) is 11.3 Å². The van der Waals surface area contributed by atoms with Crippen LogP contribution in [0.5, 0.6) is 0 Å². The summed E-state index contributed by atoms with van der Waals surface area (Å²) >= 11 is 1.38. The van der Waals surface area contributed by atoms with Gasteiger partial charge in [0.25, 0.3) is 0 Å². The van der Waals surface area contributed by atoms with E-state index in [1.807, 2.05) is 17.5 Å². The van der Waals surface area contributed by atoms with Crippen molar-refractivity contribution in [2.24, 2.45) is 0 Å². The first-order chi connectivity index (χ1) is 10.3. The molecule has 0 aliphatic carbocycles. The molecule has 2 N–H and O–H groups in total. The maximum atomic E-state index is 12.2. The molecule has 0 bridgehead atoms. The fourth-order valence-corrected chi connectivity index (χ4v) is 3.14. The fraction of sp³-hybridized carbons (Fsp3) is 0.357. The minimum atomic E-state index is -0.196. The Bertz CT molecular complexity index is 616. The lowest BCUT2D eigenvalue weighted by molar-refractivity contribution is 0.166. The Kier molecular flexibility index (Phi) is 4.12. The van der Waals surface area contributed by atoms with Crippen molar-refractivity contribution in [2.45, 2.75) is 18.9 Å². The molecule has 1 saturated heterocycles. The summed E-state index contributed by atoms with van der Waals surface area (Å²) < 4.78 is 0. The summed E-state index contributed by atoms with van der Waals surface area (Å²) in [7, 11) is 0. The van der Waals surface area contributed by atoms with Gasteiger partial charge in [-0.25, -0.2) is 9.78 Å². The van der Waals surface area contributed by atoms with Crippen molar-refractivity contribution in [2.75, 3.05) is 18.5 Å². The number of carbonyl (C=O) groups is 1. The first-order valence-electron chi connectivity index (χ1n) is 6.82. The molecule has 0 unspecified atom stereocenters. The van der Waals surface area contributed by atoms with E-state index in [1.54, 1.807) is 17.3 Å². The second-order valence-electron chi connectivity index (χ2n) is 4.88. The summed E-state index contributed by atoms with van der Waals surface area (Å²) in [5.41, 5.74) is 1.71. The van der Waals surface area contributed by atoms with E-state index in [2.05, 4.69) is 15.3 Å². The molecule has 0 radical (unpaired) electrons. The predicted octanol–water partition coefficient (Wildman–Crippen LogP) is 2.19. The van der Waals surface area contributed by atoms with Crippen molar-refractivity contribution in [1.29, 1.82) is 0 Å². The number of hydrogen-bond donors (Lipinski definition) is 2. The SMILES string of the molecule is O=C(Nc1nc(-c2cccnc2)cs1)N1CCC[C@@H]1CO. The molecule has 2 aromatic heterocycles. The number of pyridine rings is 1. The Hall–Kier alpha value is -1.99.